The van der Waals surface area contributed by atoms with Gasteiger partial charge in [0.15, 0.2) is 0 Å². The summed E-state index contributed by atoms with van der Waals surface area (Å²) in [6.45, 7) is 6.67. The summed E-state index contributed by atoms with van der Waals surface area (Å²) in [6, 6.07) is 19.5. The van der Waals surface area contributed by atoms with E-state index in [0.717, 1.165) is 32.2 Å². The van der Waals surface area contributed by atoms with Crippen molar-refractivity contribution in [2.45, 2.75) is 39.7 Å². The molecule has 0 amide bonds. The topological polar surface area (TPSA) is 56.5 Å². The maximum Gasteiger partial charge on any atom is 0.282 e. The zero-order chi connectivity index (χ0) is 24.2. The lowest BCUT2D eigenvalue weighted by atomic mass is 10.1. The highest BCUT2D eigenvalue weighted by atomic mass is 79.9. The highest BCUT2D eigenvalue weighted by Gasteiger charge is 2.15. The van der Waals surface area contributed by atoms with E-state index in [4.69, 9.17) is 9.72 Å². The quantitative estimate of drug-likeness (QED) is 0.216. The molecule has 0 N–H and O–H groups in total. The van der Waals surface area contributed by atoms with E-state index in [2.05, 4.69) is 82.0 Å². The molecule has 1 atom stereocenters. The van der Waals surface area contributed by atoms with Crippen molar-refractivity contribution >= 4 is 49.0 Å². The molecule has 1 heterocycles. The smallest absolute Gasteiger partial charge is 0.282 e. The minimum Gasteiger partial charge on any atom is -0.488 e. The van der Waals surface area contributed by atoms with Gasteiger partial charge in [-0.2, -0.15) is 9.78 Å². The summed E-state index contributed by atoms with van der Waals surface area (Å²) in [4.78, 5) is 18.0. The normalized spacial score (nSPS) is 12.4. The number of fused-ring (bicyclic) bond motifs is 1. The molecule has 7 heteroatoms. The molecule has 0 fully saturated rings. The molecule has 5 nitrogen and oxygen atoms in total. The van der Waals surface area contributed by atoms with E-state index < -0.39 is 0 Å². The lowest BCUT2D eigenvalue weighted by Crippen LogP contribution is -2.23. The molecule has 3 aromatic carbocycles. The zero-order valence-corrected chi connectivity index (χ0v) is 22.4. The molecular weight excluding hydrogens is 558 g/mol. The molecule has 34 heavy (non-hydrogen) atoms. The Morgan fingerprint density at radius 2 is 1.85 bits per heavy atom. The number of hydrogen-bond acceptors (Lipinski definition) is 4. The van der Waals surface area contributed by atoms with Crippen LogP contribution in [0.1, 0.15) is 48.7 Å². The standard InChI is InChI=1S/C27H25Br2N3O2/c1-4-18(3)26-31-24-11-10-21(28)14-22(24)27(33)32(26)30-15-20-9-12-25(23(29)13-20)34-16-19-7-5-17(2)6-8-19/h5-15,18H,4,16H2,1-3H3/t18-/m0/s1. The van der Waals surface area contributed by atoms with Crippen molar-refractivity contribution in [1.29, 1.82) is 0 Å². The van der Waals surface area contributed by atoms with Gasteiger partial charge in [0.2, 0.25) is 0 Å². The van der Waals surface area contributed by atoms with Crippen LogP contribution < -0.4 is 10.3 Å². The Labute approximate surface area is 215 Å². The third kappa shape index (κ3) is 5.47. The molecule has 0 radical (unpaired) electrons. The van der Waals surface area contributed by atoms with Gasteiger partial charge >= 0.3 is 0 Å². The van der Waals surface area contributed by atoms with E-state index in [1.54, 1.807) is 12.3 Å². The lowest BCUT2D eigenvalue weighted by molar-refractivity contribution is 0.304. The van der Waals surface area contributed by atoms with Crippen LogP contribution in [0.25, 0.3) is 10.9 Å². The van der Waals surface area contributed by atoms with Gasteiger partial charge in [0.05, 0.1) is 21.6 Å². The predicted molar refractivity (Wildman–Crippen MR) is 145 cm³/mol. The fourth-order valence-electron chi connectivity index (χ4n) is 3.46. The molecule has 0 aliphatic heterocycles. The summed E-state index contributed by atoms with van der Waals surface area (Å²) in [7, 11) is 0. The van der Waals surface area contributed by atoms with Crippen LogP contribution in [0.2, 0.25) is 0 Å². The van der Waals surface area contributed by atoms with Crippen molar-refractivity contribution in [1.82, 2.24) is 9.66 Å². The van der Waals surface area contributed by atoms with Gasteiger partial charge in [0.1, 0.15) is 18.2 Å². The van der Waals surface area contributed by atoms with E-state index in [1.165, 1.54) is 10.2 Å². The van der Waals surface area contributed by atoms with E-state index in [1.807, 2.05) is 30.3 Å². The molecule has 0 saturated carbocycles. The first kappa shape index (κ1) is 24.4. The monoisotopic (exact) mass is 581 g/mol. The molecule has 0 aliphatic rings. The van der Waals surface area contributed by atoms with Crippen molar-refractivity contribution in [2.75, 3.05) is 0 Å². The van der Waals surface area contributed by atoms with Crippen LogP contribution in [0.3, 0.4) is 0 Å². The van der Waals surface area contributed by atoms with E-state index in [0.29, 0.717) is 23.3 Å². The van der Waals surface area contributed by atoms with Gasteiger partial charge in [-0.05, 0) is 76.8 Å². The maximum atomic E-state index is 13.3. The summed E-state index contributed by atoms with van der Waals surface area (Å²) in [6.07, 6.45) is 2.52. The number of rotatable bonds is 7. The highest BCUT2D eigenvalue weighted by molar-refractivity contribution is 9.10. The molecule has 0 spiro atoms. The second kappa shape index (κ2) is 10.7. The zero-order valence-electron chi connectivity index (χ0n) is 19.3. The van der Waals surface area contributed by atoms with Gasteiger partial charge < -0.3 is 4.74 Å². The van der Waals surface area contributed by atoms with Gasteiger partial charge in [-0.25, -0.2) is 4.98 Å². The second-order valence-electron chi connectivity index (χ2n) is 8.27. The third-order valence-electron chi connectivity index (χ3n) is 5.68. The van der Waals surface area contributed by atoms with Crippen LogP contribution in [0.4, 0.5) is 0 Å². The molecule has 4 rings (SSSR count). The summed E-state index contributed by atoms with van der Waals surface area (Å²) in [5.41, 5.74) is 3.66. The summed E-state index contributed by atoms with van der Waals surface area (Å²) in [5, 5.41) is 5.06. The molecule has 4 aromatic rings. The Morgan fingerprint density at radius 1 is 1.09 bits per heavy atom. The number of aryl methyl sites for hydroxylation is 1. The Bertz CT molecular complexity index is 1410. The Balaban J connectivity index is 1.62. The number of hydrogen-bond donors (Lipinski definition) is 0. The second-order valence-corrected chi connectivity index (χ2v) is 10.0. The maximum absolute atomic E-state index is 13.3. The first-order valence-corrected chi connectivity index (χ1v) is 12.7. The van der Waals surface area contributed by atoms with Crippen molar-refractivity contribution in [3.05, 3.63) is 102 Å². The number of aromatic nitrogens is 2. The number of benzene rings is 3. The Kier molecular flexibility index (Phi) is 7.63. The fourth-order valence-corrected chi connectivity index (χ4v) is 4.34. The Hall–Kier alpha value is -2.77. The molecule has 0 bridgehead atoms. The van der Waals surface area contributed by atoms with Crippen molar-refractivity contribution in [2.24, 2.45) is 5.10 Å². The molecular formula is C27H25Br2N3O2. The fraction of sp³-hybridized carbons (Fsp3) is 0.222. The van der Waals surface area contributed by atoms with Crippen LogP contribution in [0.5, 0.6) is 5.75 Å². The van der Waals surface area contributed by atoms with Gasteiger partial charge in [-0.3, -0.25) is 4.79 Å². The number of halogens is 2. The molecule has 0 aliphatic carbocycles. The van der Waals surface area contributed by atoms with Crippen molar-refractivity contribution in [3.63, 3.8) is 0 Å². The number of ether oxygens (including phenoxy) is 1. The van der Waals surface area contributed by atoms with Crippen LogP contribution in [0, 0.1) is 6.92 Å². The van der Waals surface area contributed by atoms with Crippen LogP contribution in [-0.4, -0.2) is 15.9 Å². The highest BCUT2D eigenvalue weighted by Crippen LogP contribution is 2.27. The summed E-state index contributed by atoms with van der Waals surface area (Å²) < 4.78 is 9.03. The molecule has 1 aromatic heterocycles. The lowest BCUT2D eigenvalue weighted by Gasteiger charge is -2.14. The van der Waals surface area contributed by atoms with Crippen LogP contribution in [0.15, 0.2) is 79.5 Å². The molecule has 174 valence electrons. The van der Waals surface area contributed by atoms with Crippen molar-refractivity contribution < 1.29 is 4.74 Å². The van der Waals surface area contributed by atoms with Crippen LogP contribution in [-0.2, 0) is 6.61 Å². The van der Waals surface area contributed by atoms with Gasteiger partial charge in [-0.15, -0.1) is 0 Å². The van der Waals surface area contributed by atoms with Gasteiger partial charge in [0, 0.05) is 10.4 Å². The van der Waals surface area contributed by atoms with E-state index in [-0.39, 0.29) is 11.5 Å². The Morgan fingerprint density at radius 3 is 2.56 bits per heavy atom. The average Bonchev–Trinajstić information content (AvgIpc) is 2.83. The van der Waals surface area contributed by atoms with Crippen molar-refractivity contribution in [3.8, 4) is 5.75 Å². The minimum absolute atomic E-state index is 0.0854. The van der Waals surface area contributed by atoms with E-state index >= 15 is 0 Å². The minimum atomic E-state index is -0.185. The van der Waals surface area contributed by atoms with Gasteiger partial charge in [0.25, 0.3) is 5.56 Å². The SMILES string of the molecule is CC[C@H](C)c1nc2ccc(Br)cc2c(=O)n1N=Cc1ccc(OCc2ccc(C)cc2)c(Br)c1. The molecule has 0 unspecified atom stereocenters. The summed E-state index contributed by atoms with van der Waals surface area (Å²) in [5.74, 6) is 1.48. The van der Waals surface area contributed by atoms with Gasteiger partial charge in [-0.1, -0.05) is 59.6 Å². The largest absolute Gasteiger partial charge is 0.488 e. The first-order chi connectivity index (χ1) is 16.4. The molecule has 0 saturated heterocycles. The number of nitrogens with zero attached hydrogens (tertiary/aromatic N) is 3. The summed E-state index contributed by atoms with van der Waals surface area (Å²) >= 11 is 7.03. The van der Waals surface area contributed by atoms with E-state index in [9.17, 15) is 4.79 Å². The predicted octanol–water partition coefficient (Wildman–Crippen LogP) is 7.20. The average molecular weight is 583 g/mol. The van der Waals surface area contributed by atoms with Crippen LogP contribution >= 0.6 is 31.9 Å². The third-order valence-corrected chi connectivity index (χ3v) is 6.79. The first-order valence-electron chi connectivity index (χ1n) is 11.1.